The fourth-order valence-corrected chi connectivity index (χ4v) is 1.19. The first kappa shape index (κ1) is 20.6. The number of hydrogen-bond acceptors (Lipinski definition) is 5. The fraction of sp³-hybridized carbons (Fsp3) is 0.833. The Morgan fingerprint density at radius 3 is 1.86 bits per heavy atom. The highest BCUT2D eigenvalue weighted by atomic mass is 19.4. The monoisotopic (exact) mass is 336 g/mol. The summed E-state index contributed by atoms with van der Waals surface area (Å²) in [5.41, 5.74) is -4.80. The summed E-state index contributed by atoms with van der Waals surface area (Å²) in [6.07, 6.45) is -6.27. The van der Waals surface area contributed by atoms with Gasteiger partial charge >= 0.3 is 29.6 Å². The van der Waals surface area contributed by atoms with Gasteiger partial charge in [0, 0.05) is 0 Å². The first-order chi connectivity index (χ1) is 9.82. The maximum Gasteiger partial charge on any atom is 0.457 e. The van der Waals surface area contributed by atoms with Crippen LogP contribution in [-0.2, 0) is 19.1 Å². The molecule has 130 valence electrons. The number of aliphatic hydroxyl groups is 1. The predicted octanol–water partition coefficient (Wildman–Crippen LogP) is 2.07. The summed E-state index contributed by atoms with van der Waals surface area (Å²) in [6.45, 7) is 3.28. The van der Waals surface area contributed by atoms with Gasteiger partial charge in [0.15, 0.2) is 0 Å². The van der Waals surface area contributed by atoms with Crippen molar-refractivity contribution < 1.29 is 46.1 Å². The molecule has 0 aromatic carbocycles. The van der Waals surface area contributed by atoms with E-state index in [1.807, 2.05) is 0 Å². The zero-order valence-electron chi connectivity index (χ0n) is 12.2. The Morgan fingerprint density at radius 1 is 1.05 bits per heavy atom. The molecule has 0 fully saturated rings. The number of carbonyl (C=O) groups excluding carboxylic acids is 2. The molecular weight excluding hydrogens is 319 g/mol. The lowest BCUT2D eigenvalue weighted by atomic mass is 9.95. The van der Waals surface area contributed by atoms with Crippen molar-refractivity contribution in [2.45, 2.75) is 44.9 Å². The van der Waals surface area contributed by atoms with Gasteiger partial charge < -0.3 is 14.6 Å². The van der Waals surface area contributed by atoms with Crippen LogP contribution in [0.15, 0.2) is 0 Å². The molecule has 0 rings (SSSR count). The van der Waals surface area contributed by atoms with E-state index in [1.165, 1.54) is 20.8 Å². The second-order valence-corrected chi connectivity index (χ2v) is 4.91. The number of hydrogen-bond donors (Lipinski definition) is 1. The minimum atomic E-state index is -6.36. The first-order valence-electron chi connectivity index (χ1n) is 6.33. The summed E-state index contributed by atoms with van der Waals surface area (Å²) < 4.78 is 72.5. The van der Waals surface area contributed by atoms with Crippen LogP contribution >= 0.6 is 0 Å². The van der Waals surface area contributed by atoms with Gasteiger partial charge in [-0.05, 0) is 12.3 Å². The first-order valence-corrected chi connectivity index (χ1v) is 6.33. The van der Waals surface area contributed by atoms with Crippen LogP contribution in [0.25, 0.3) is 0 Å². The second kappa shape index (κ2) is 7.21. The number of halogens is 5. The van der Waals surface area contributed by atoms with Crippen molar-refractivity contribution in [3.8, 4) is 0 Å². The van der Waals surface area contributed by atoms with E-state index in [9.17, 15) is 36.6 Å². The van der Waals surface area contributed by atoms with Gasteiger partial charge in [0.05, 0.1) is 13.2 Å². The molecule has 0 aliphatic carbocycles. The summed E-state index contributed by atoms with van der Waals surface area (Å²) in [5.74, 6) is -11.3. The molecule has 5 nitrogen and oxygen atoms in total. The standard InChI is InChI=1S/C12H17F5O5/c1-4-5-21-8(18)10(20,9(19)22-6-7(2)3)11(13,14)12(15,16)17/h7,20H,4-6H2,1-3H3. The van der Waals surface area contributed by atoms with Gasteiger partial charge in [-0.15, -0.1) is 0 Å². The van der Waals surface area contributed by atoms with E-state index in [0.29, 0.717) is 0 Å². The molecule has 10 heteroatoms. The van der Waals surface area contributed by atoms with E-state index < -0.39 is 48.8 Å². The minimum absolute atomic E-state index is 0.0838. The number of carbonyl (C=O) groups is 2. The molecule has 0 aromatic rings. The molecule has 0 saturated heterocycles. The Labute approximate surface area is 123 Å². The average Bonchev–Trinajstić information content (AvgIpc) is 2.39. The highest BCUT2D eigenvalue weighted by Gasteiger charge is 2.78. The number of ether oxygens (including phenoxy) is 2. The zero-order valence-corrected chi connectivity index (χ0v) is 12.2. The molecule has 0 spiro atoms. The van der Waals surface area contributed by atoms with Gasteiger partial charge in [0.25, 0.3) is 0 Å². The van der Waals surface area contributed by atoms with Crippen LogP contribution in [0.4, 0.5) is 22.0 Å². The largest absolute Gasteiger partial charge is 0.463 e. The number of rotatable bonds is 7. The Bertz CT molecular complexity index is 407. The van der Waals surface area contributed by atoms with Gasteiger partial charge in [-0.1, -0.05) is 20.8 Å². The van der Waals surface area contributed by atoms with E-state index in [4.69, 9.17) is 0 Å². The van der Waals surface area contributed by atoms with Gasteiger partial charge in [-0.25, -0.2) is 9.59 Å². The van der Waals surface area contributed by atoms with E-state index in [0.717, 1.165) is 0 Å². The maximum absolute atomic E-state index is 13.5. The van der Waals surface area contributed by atoms with Crippen molar-refractivity contribution in [3.05, 3.63) is 0 Å². The highest BCUT2D eigenvalue weighted by Crippen LogP contribution is 2.44. The van der Waals surface area contributed by atoms with Gasteiger partial charge in [-0.3, -0.25) is 0 Å². The molecule has 0 bridgehead atoms. The lowest BCUT2D eigenvalue weighted by molar-refractivity contribution is -0.333. The molecule has 0 radical (unpaired) electrons. The van der Waals surface area contributed by atoms with Crippen LogP contribution < -0.4 is 0 Å². The van der Waals surface area contributed by atoms with Gasteiger partial charge in [0.2, 0.25) is 0 Å². The van der Waals surface area contributed by atoms with Gasteiger partial charge in [0.1, 0.15) is 0 Å². The van der Waals surface area contributed by atoms with Crippen molar-refractivity contribution in [1.29, 1.82) is 0 Å². The minimum Gasteiger partial charge on any atom is -0.463 e. The molecule has 0 aliphatic heterocycles. The molecule has 0 aliphatic rings. The number of esters is 2. The normalized spacial score (nSPS) is 15.4. The van der Waals surface area contributed by atoms with Crippen molar-refractivity contribution in [2.24, 2.45) is 5.92 Å². The summed E-state index contributed by atoms with van der Waals surface area (Å²) in [7, 11) is 0. The molecule has 1 N–H and O–H groups in total. The molecule has 0 heterocycles. The van der Waals surface area contributed by atoms with Crippen LogP contribution in [0.1, 0.15) is 27.2 Å². The molecule has 0 amide bonds. The second-order valence-electron chi connectivity index (χ2n) is 4.91. The SMILES string of the molecule is CCCOC(=O)C(O)(C(=O)OCC(C)C)C(F)(F)C(F)(F)F. The van der Waals surface area contributed by atoms with E-state index in [1.54, 1.807) is 0 Å². The summed E-state index contributed by atoms with van der Waals surface area (Å²) in [4.78, 5) is 23.0. The topological polar surface area (TPSA) is 72.8 Å². The van der Waals surface area contributed by atoms with Crippen LogP contribution in [0.2, 0.25) is 0 Å². The Kier molecular flexibility index (Phi) is 6.73. The summed E-state index contributed by atoms with van der Waals surface area (Å²) in [6, 6.07) is 0. The molecule has 1 atom stereocenters. The van der Waals surface area contributed by atoms with Crippen molar-refractivity contribution in [3.63, 3.8) is 0 Å². The predicted molar refractivity (Wildman–Crippen MR) is 63.0 cm³/mol. The van der Waals surface area contributed by atoms with Crippen LogP contribution in [0.5, 0.6) is 0 Å². The van der Waals surface area contributed by atoms with Gasteiger partial charge in [-0.2, -0.15) is 22.0 Å². The zero-order chi connectivity index (χ0) is 17.8. The van der Waals surface area contributed by atoms with E-state index >= 15 is 0 Å². The third-order valence-corrected chi connectivity index (χ3v) is 2.39. The Morgan fingerprint density at radius 2 is 1.50 bits per heavy atom. The number of alkyl halides is 5. The summed E-state index contributed by atoms with van der Waals surface area (Å²) in [5, 5.41) is 9.53. The van der Waals surface area contributed by atoms with Crippen molar-refractivity contribution in [1.82, 2.24) is 0 Å². The van der Waals surface area contributed by atoms with E-state index in [-0.39, 0.29) is 6.42 Å². The third-order valence-electron chi connectivity index (χ3n) is 2.39. The maximum atomic E-state index is 13.5. The molecule has 0 saturated carbocycles. The van der Waals surface area contributed by atoms with Crippen LogP contribution in [0, 0.1) is 5.92 Å². The summed E-state index contributed by atoms with van der Waals surface area (Å²) >= 11 is 0. The smallest absolute Gasteiger partial charge is 0.457 e. The van der Waals surface area contributed by atoms with Crippen molar-refractivity contribution >= 4 is 11.9 Å². The molecule has 22 heavy (non-hydrogen) atoms. The van der Waals surface area contributed by atoms with E-state index in [2.05, 4.69) is 9.47 Å². The molecule has 0 aromatic heterocycles. The van der Waals surface area contributed by atoms with Crippen LogP contribution in [0.3, 0.4) is 0 Å². The Hall–Kier alpha value is -1.45. The average molecular weight is 336 g/mol. The Balaban J connectivity index is 5.67. The highest BCUT2D eigenvalue weighted by molar-refractivity contribution is 6.04. The fourth-order valence-electron chi connectivity index (χ4n) is 1.19. The third kappa shape index (κ3) is 4.05. The lowest BCUT2D eigenvalue weighted by Crippen LogP contribution is -2.67. The lowest BCUT2D eigenvalue weighted by Gasteiger charge is -2.32. The van der Waals surface area contributed by atoms with Crippen molar-refractivity contribution in [2.75, 3.05) is 13.2 Å². The molecular formula is C12H17F5O5. The quantitative estimate of drug-likeness (QED) is 0.438. The molecule has 1 unspecified atom stereocenters. The van der Waals surface area contributed by atoms with Crippen LogP contribution in [-0.4, -0.2) is 48.0 Å².